The highest BCUT2D eigenvalue weighted by Gasteiger charge is 2.43. The van der Waals surface area contributed by atoms with Crippen LogP contribution >= 0.6 is 0 Å². The summed E-state index contributed by atoms with van der Waals surface area (Å²) < 4.78 is 0. The van der Waals surface area contributed by atoms with Crippen molar-refractivity contribution in [1.82, 2.24) is 9.80 Å². The van der Waals surface area contributed by atoms with Gasteiger partial charge >= 0.3 is 0 Å². The van der Waals surface area contributed by atoms with E-state index >= 15 is 0 Å². The van der Waals surface area contributed by atoms with Crippen molar-refractivity contribution in [2.45, 2.75) is 38.1 Å². The van der Waals surface area contributed by atoms with E-state index in [1.807, 2.05) is 0 Å². The molecule has 0 N–H and O–H groups in total. The molecule has 4 heteroatoms. The van der Waals surface area contributed by atoms with Crippen molar-refractivity contribution < 1.29 is 4.79 Å². The van der Waals surface area contributed by atoms with Crippen LogP contribution in [0.3, 0.4) is 0 Å². The van der Waals surface area contributed by atoms with Gasteiger partial charge in [0.05, 0.1) is 6.07 Å². The van der Waals surface area contributed by atoms with E-state index in [9.17, 15) is 4.79 Å². The summed E-state index contributed by atoms with van der Waals surface area (Å²) in [5.41, 5.74) is 0. The second kappa shape index (κ2) is 4.89. The minimum atomic E-state index is 0.381. The molecule has 0 aromatic heterocycles. The first-order valence-electron chi connectivity index (χ1n) is 7.16. The maximum absolute atomic E-state index is 12.0. The molecule has 3 rings (SSSR count). The number of fused-ring (bicyclic) bond motifs is 4. The summed E-state index contributed by atoms with van der Waals surface area (Å²) in [5.74, 6) is 1.67. The Morgan fingerprint density at radius 1 is 1.33 bits per heavy atom. The third-order valence-electron chi connectivity index (χ3n) is 4.80. The number of nitrogens with zero attached hydrogens (tertiary/aromatic N) is 3. The molecule has 2 bridgehead atoms. The zero-order valence-electron chi connectivity index (χ0n) is 10.8. The lowest BCUT2D eigenvalue weighted by molar-refractivity contribution is -0.144. The summed E-state index contributed by atoms with van der Waals surface area (Å²) in [6.45, 7) is 4.04. The lowest BCUT2D eigenvalue weighted by Gasteiger charge is -2.52. The largest absolute Gasteiger partial charge is 0.339 e. The number of carbonyl (C=O) groups is 1. The van der Waals surface area contributed by atoms with Crippen molar-refractivity contribution in [2.24, 2.45) is 11.8 Å². The van der Waals surface area contributed by atoms with E-state index in [1.54, 1.807) is 0 Å². The summed E-state index contributed by atoms with van der Waals surface area (Å²) in [6, 6.07) is 2.73. The number of carbonyl (C=O) groups excluding carboxylic acids is 1. The van der Waals surface area contributed by atoms with Crippen LogP contribution in [0.1, 0.15) is 32.1 Å². The zero-order valence-corrected chi connectivity index (χ0v) is 10.8. The van der Waals surface area contributed by atoms with Crippen molar-refractivity contribution in [2.75, 3.05) is 26.2 Å². The predicted octanol–water partition coefficient (Wildman–Crippen LogP) is 1.23. The molecule has 3 heterocycles. The highest BCUT2D eigenvalue weighted by Crippen LogP contribution is 2.37. The molecule has 3 aliphatic rings. The first kappa shape index (κ1) is 12.0. The van der Waals surface area contributed by atoms with Crippen molar-refractivity contribution in [3.63, 3.8) is 0 Å². The van der Waals surface area contributed by atoms with Gasteiger partial charge in [0.25, 0.3) is 0 Å². The molecule has 3 saturated heterocycles. The van der Waals surface area contributed by atoms with Crippen LogP contribution < -0.4 is 0 Å². The Bertz CT molecular complexity index is 376. The van der Waals surface area contributed by atoms with Crippen LogP contribution in [0.15, 0.2) is 0 Å². The van der Waals surface area contributed by atoms with Gasteiger partial charge in [0.2, 0.25) is 5.91 Å². The standard InChI is InChI=1S/C14H21N3O/c15-5-2-6-16-8-11-7-12(10-16)13-3-1-4-14(18)17(13)9-11/h11-13H,1-4,6-10H2/t11-,12-,13-/m0/s1. The van der Waals surface area contributed by atoms with E-state index in [1.165, 1.54) is 12.8 Å². The first-order chi connectivity index (χ1) is 8.78. The number of rotatable bonds is 2. The van der Waals surface area contributed by atoms with Crippen LogP contribution in [-0.4, -0.2) is 47.9 Å². The van der Waals surface area contributed by atoms with Gasteiger partial charge in [-0.2, -0.15) is 5.26 Å². The van der Waals surface area contributed by atoms with Gasteiger partial charge in [0, 0.05) is 45.1 Å². The molecular weight excluding hydrogens is 226 g/mol. The van der Waals surface area contributed by atoms with Crippen LogP contribution in [0.4, 0.5) is 0 Å². The molecule has 0 saturated carbocycles. The van der Waals surface area contributed by atoms with Gasteiger partial charge in [-0.3, -0.25) is 4.79 Å². The van der Waals surface area contributed by atoms with E-state index in [2.05, 4.69) is 15.9 Å². The minimum Gasteiger partial charge on any atom is -0.339 e. The number of piperidine rings is 3. The number of amides is 1. The van der Waals surface area contributed by atoms with Crippen molar-refractivity contribution in [3.05, 3.63) is 0 Å². The normalized spacial score (nSPS) is 36.1. The van der Waals surface area contributed by atoms with Gasteiger partial charge in [-0.15, -0.1) is 0 Å². The van der Waals surface area contributed by atoms with E-state index < -0.39 is 0 Å². The average Bonchev–Trinajstić information content (AvgIpc) is 2.38. The molecule has 18 heavy (non-hydrogen) atoms. The topological polar surface area (TPSA) is 47.3 Å². The minimum absolute atomic E-state index is 0.381. The Morgan fingerprint density at radius 3 is 3.06 bits per heavy atom. The molecule has 0 aromatic rings. The summed E-state index contributed by atoms with van der Waals surface area (Å²) in [7, 11) is 0. The number of hydrogen-bond acceptors (Lipinski definition) is 3. The maximum Gasteiger partial charge on any atom is 0.222 e. The van der Waals surface area contributed by atoms with Crippen LogP contribution in [0.2, 0.25) is 0 Å². The van der Waals surface area contributed by atoms with E-state index in [4.69, 9.17) is 5.26 Å². The second-order valence-corrected chi connectivity index (χ2v) is 6.04. The Hall–Kier alpha value is -1.08. The third-order valence-corrected chi connectivity index (χ3v) is 4.80. The van der Waals surface area contributed by atoms with Crippen LogP contribution in [0, 0.1) is 23.2 Å². The smallest absolute Gasteiger partial charge is 0.222 e. The molecule has 0 aromatic carbocycles. The highest BCUT2D eigenvalue weighted by atomic mass is 16.2. The summed E-state index contributed by atoms with van der Waals surface area (Å²) in [5, 5.41) is 8.69. The molecule has 3 fully saturated rings. The van der Waals surface area contributed by atoms with Crippen molar-refractivity contribution in [1.29, 1.82) is 5.26 Å². The third kappa shape index (κ3) is 2.12. The fraction of sp³-hybridized carbons (Fsp3) is 0.857. The Labute approximate surface area is 109 Å². The number of nitriles is 1. The van der Waals surface area contributed by atoms with Gasteiger partial charge in [0.15, 0.2) is 0 Å². The number of hydrogen-bond donors (Lipinski definition) is 0. The zero-order chi connectivity index (χ0) is 12.5. The summed E-state index contributed by atoms with van der Waals surface area (Å²) >= 11 is 0. The van der Waals surface area contributed by atoms with Crippen molar-refractivity contribution >= 4 is 5.91 Å². The van der Waals surface area contributed by atoms with Crippen molar-refractivity contribution in [3.8, 4) is 6.07 Å². The van der Waals surface area contributed by atoms with Crippen LogP contribution in [0.25, 0.3) is 0 Å². The van der Waals surface area contributed by atoms with Gasteiger partial charge in [-0.25, -0.2) is 0 Å². The van der Waals surface area contributed by atoms with Crippen LogP contribution in [-0.2, 0) is 4.79 Å². The lowest BCUT2D eigenvalue weighted by atomic mass is 9.76. The molecular formula is C14H21N3O. The molecule has 1 amide bonds. The average molecular weight is 247 g/mol. The van der Waals surface area contributed by atoms with Gasteiger partial charge in [-0.05, 0) is 31.1 Å². The molecule has 0 aliphatic carbocycles. The molecule has 0 unspecified atom stereocenters. The Balaban J connectivity index is 1.69. The van der Waals surface area contributed by atoms with Crippen LogP contribution in [0.5, 0.6) is 0 Å². The second-order valence-electron chi connectivity index (χ2n) is 6.04. The predicted molar refractivity (Wildman–Crippen MR) is 67.6 cm³/mol. The van der Waals surface area contributed by atoms with E-state index in [0.717, 1.165) is 39.0 Å². The quantitative estimate of drug-likeness (QED) is 0.737. The monoisotopic (exact) mass is 247 g/mol. The fourth-order valence-electron chi connectivity index (χ4n) is 4.10. The molecule has 0 spiro atoms. The fourth-order valence-corrected chi connectivity index (χ4v) is 4.10. The first-order valence-corrected chi connectivity index (χ1v) is 7.16. The lowest BCUT2D eigenvalue weighted by Crippen LogP contribution is -2.60. The van der Waals surface area contributed by atoms with Gasteiger partial charge in [0.1, 0.15) is 0 Å². The summed E-state index contributed by atoms with van der Waals surface area (Å²) in [4.78, 5) is 16.6. The SMILES string of the molecule is N#CCCN1C[C@@H]2C[C@@H](C1)[C@@H]1CCCC(=O)N1C2. The van der Waals surface area contributed by atoms with Gasteiger partial charge in [-0.1, -0.05) is 0 Å². The highest BCUT2D eigenvalue weighted by molar-refractivity contribution is 5.77. The van der Waals surface area contributed by atoms with E-state index in [-0.39, 0.29) is 0 Å². The summed E-state index contributed by atoms with van der Waals surface area (Å²) in [6.07, 6.45) is 4.94. The Morgan fingerprint density at radius 2 is 2.22 bits per heavy atom. The number of likely N-dealkylation sites (tertiary alicyclic amines) is 1. The molecule has 98 valence electrons. The van der Waals surface area contributed by atoms with Gasteiger partial charge < -0.3 is 9.80 Å². The molecule has 0 radical (unpaired) electrons. The van der Waals surface area contributed by atoms with E-state index in [0.29, 0.717) is 30.2 Å². The maximum atomic E-state index is 12.0. The molecule has 3 atom stereocenters. The molecule has 4 nitrogen and oxygen atoms in total. The molecule has 3 aliphatic heterocycles. The Kier molecular flexibility index (Phi) is 3.25.